The van der Waals surface area contributed by atoms with Crippen LogP contribution in [-0.2, 0) is 16.1 Å². The summed E-state index contributed by atoms with van der Waals surface area (Å²) in [6, 6.07) is 7.76. The van der Waals surface area contributed by atoms with E-state index in [2.05, 4.69) is 13.8 Å². The number of thiocarbonyl (C=S) groups is 1. The molecule has 1 amide bonds. The van der Waals surface area contributed by atoms with E-state index in [-0.39, 0.29) is 25.0 Å². The van der Waals surface area contributed by atoms with Crippen molar-refractivity contribution in [1.82, 2.24) is 4.90 Å². The predicted octanol–water partition coefficient (Wildman–Crippen LogP) is 4.18. The van der Waals surface area contributed by atoms with E-state index in [0.29, 0.717) is 16.8 Å². The number of hydrogen-bond acceptors (Lipinski definition) is 6. The highest BCUT2D eigenvalue weighted by Gasteiger charge is 2.36. The maximum Gasteiger partial charge on any atom is 0.231 e. The summed E-state index contributed by atoms with van der Waals surface area (Å²) in [5.74, 6) is 1.82. The third kappa shape index (κ3) is 6.81. The van der Waals surface area contributed by atoms with Gasteiger partial charge in [0, 0.05) is 11.8 Å². The lowest BCUT2D eigenvalue weighted by Crippen LogP contribution is -2.43. The minimum Gasteiger partial charge on any atom is -0.497 e. The van der Waals surface area contributed by atoms with E-state index in [4.69, 9.17) is 21.7 Å². The van der Waals surface area contributed by atoms with Crippen molar-refractivity contribution >= 4 is 34.2 Å². The summed E-state index contributed by atoms with van der Waals surface area (Å²) in [5, 5.41) is 10.7. The lowest BCUT2D eigenvalue weighted by molar-refractivity contribution is -0.130. The van der Waals surface area contributed by atoms with Crippen molar-refractivity contribution in [3.8, 4) is 5.75 Å². The molecule has 1 N–H and O–H groups in total. The number of ether oxygens (including phenoxy) is 2. The van der Waals surface area contributed by atoms with Gasteiger partial charge in [-0.2, -0.15) is 0 Å². The fraction of sp³-hybridized carbons (Fsp3) is 0.545. The van der Waals surface area contributed by atoms with Crippen LogP contribution in [-0.4, -0.2) is 51.8 Å². The van der Waals surface area contributed by atoms with E-state index < -0.39 is 6.10 Å². The van der Waals surface area contributed by atoms with Crippen molar-refractivity contribution in [3.63, 3.8) is 0 Å². The topological polar surface area (TPSA) is 59.0 Å². The van der Waals surface area contributed by atoms with Gasteiger partial charge in [0.25, 0.3) is 0 Å². The number of aliphatic hydroxyl groups excluding tert-OH is 1. The number of carbonyl (C=O) groups is 1. The Morgan fingerprint density at radius 1 is 1.38 bits per heavy atom. The summed E-state index contributed by atoms with van der Waals surface area (Å²) < 4.78 is 11.6. The van der Waals surface area contributed by atoms with E-state index >= 15 is 0 Å². The largest absolute Gasteiger partial charge is 0.497 e. The molecule has 2 rings (SSSR count). The molecule has 0 saturated carbocycles. The van der Waals surface area contributed by atoms with Crippen molar-refractivity contribution in [2.45, 2.75) is 52.4 Å². The highest BCUT2D eigenvalue weighted by molar-refractivity contribution is 8.23. The maximum absolute atomic E-state index is 12.8. The van der Waals surface area contributed by atoms with Gasteiger partial charge in [-0.3, -0.25) is 9.69 Å². The van der Waals surface area contributed by atoms with E-state index in [1.165, 1.54) is 11.8 Å². The number of allylic oxidation sites excluding steroid dienone is 1. The van der Waals surface area contributed by atoms with Gasteiger partial charge < -0.3 is 14.6 Å². The summed E-state index contributed by atoms with van der Waals surface area (Å²) in [5.41, 5.74) is 1.75. The smallest absolute Gasteiger partial charge is 0.231 e. The van der Waals surface area contributed by atoms with Crippen LogP contribution in [0.25, 0.3) is 0 Å². The second-order valence-corrected chi connectivity index (χ2v) is 9.05. The quantitative estimate of drug-likeness (QED) is 0.438. The summed E-state index contributed by atoms with van der Waals surface area (Å²) in [7, 11) is 1.63. The maximum atomic E-state index is 12.8. The molecule has 1 fully saturated rings. The first kappa shape index (κ1) is 23.9. The fourth-order valence-corrected chi connectivity index (χ4v) is 4.84. The van der Waals surface area contributed by atoms with Gasteiger partial charge in [-0.05, 0) is 35.6 Å². The average Bonchev–Trinajstić information content (AvgIpc) is 3.09. The predicted molar refractivity (Wildman–Crippen MR) is 122 cm³/mol. The van der Waals surface area contributed by atoms with E-state index in [1.54, 1.807) is 12.0 Å². The van der Waals surface area contributed by atoms with Gasteiger partial charge in [0.05, 0.1) is 32.8 Å². The number of nitrogens with zero attached hydrogens (tertiary/aromatic N) is 1. The highest BCUT2D eigenvalue weighted by atomic mass is 32.2. The lowest BCUT2D eigenvalue weighted by Gasteiger charge is -2.27. The zero-order valence-corrected chi connectivity index (χ0v) is 19.2. The molecule has 29 heavy (non-hydrogen) atoms. The number of amides is 1. The summed E-state index contributed by atoms with van der Waals surface area (Å²) in [4.78, 5) is 14.5. The minimum absolute atomic E-state index is 0.0155. The monoisotopic (exact) mass is 437 g/mol. The molecule has 0 radical (unpaired) electrons. The first-order valence-corrected chi connectivity index (χ1v) is 11.3. The standard InChI is InChI=1S/C22H31NO4S2/c1-5-6-17(13-27-12-16-7-9-18(26-4)10-8-16)20(24)11-21(25)23-19(15(2)3)14-29-22(23)28/h6-10,15,19-20,24H,5,11-14H2,1-4H3/b17-6+/t19-,20-/m1/s1. The van der Waals surface area contributed by atoms with Gasteiger partial charge in [-0.1, -0.05) is 63.0 Å². The number of benzene rings is 1. The van der Waals surface area contributed by atoms with Crippen molar-refractivity contribution in [2.75, 3.05) is 19.5 Å². The normalized spacial score (nSPS) is 18.4. The van der Waals surface area contributed by atoms with Crippen LogP contribution in [0, 0.1) is 5.92 Å². The third-order valence-corrected chi connectivity index (χ3v) is 6.41. The highest BCUT2D eigenvalue weighted by Crippen LogP contribution is 2.30. The summed E-state index contributed by atoms with van der Waals surface area (Å²) >= 11 is 6.90. The molecule has 0 unspecified atom stereocenters. The third-order valence-electron chi connectivity index (χ3n) is 4.90. The van der Waals surface area contributed by atoms with E-state index in [1.807, 2.05) is 37.3 Å². The molecule has 1 saturated heterocycles. The number of methoxy groups -OCH3 is 1. The molecular formula is C22H31NO4S2. The zero-order chi connectivity index (χ0) is 21.4. The Balaban J connectivity index is 1.92. The van der Waals surface area contributed by atoms with Crippen LogP contribution >= 0.6 is 24.0 Å². The Morgan fingerprint density at radius 3 is 2.66 bits per heavy atom. The van der Waals surface area contributed by atoms with Crippen LogP contribution < -0.4 is 4.74 Å². The second-order valence-electron chi connectivity index (χ2n) is 7.40. The first-order valence-electron chi connectivity index (χ1n) is 9.93. The van der Waals surface area contributed by atoms with Crippen LogP contribution in [0.1, 0.15) is 39.2 Å². The molecule has 1 aliphatic rings. The molecule has 1 heterocycles. The molecule has 0 spiro atoms. The molecule has 0 aliphatic carbocycles. The molecule has 0 aromatic heterocycles. The molecule has 1 aromatic carbocycles. The Hall–Kier alpha value is -1.41. The Labute approximate surface area is 183 Å². The number of thioether (sulfide) groups is 1. The van der Waals surface area contributed by atoms with Gasteiger partial charge in [-0.25, -0.2) is 0 Å². The number of rotatable bonds is 10. The summed E-state index contributed by atoms with van der Waals surface area (Å²) in [6.45, 7) is 6.88. The number of hydrogen-bond donors (Lipinski definition) is 1. The van der Waals surface area contributed by atoms with Gasteiger partial charge in [-0.15, -0.1) is 0 Å². The van der Waals surface area contributed by atoms with Crippen molar-refractivity contribution < 1.29 is 19.4 Å². The molecule has 5 nitrogen and oxygen atoms in total. The van der Waals surface area contributed by atoms with Crippen LogP contribution in [0.4, 0.5) is 0 Å². The van der Waals surface area contributed by atoms with Gasteiger partial charge in [0.2, 0.25) is 5.91 Å². The van der Waals surface area contributed by atoms with Gasteiger partial charge in [0.1, 0.15) is 10.1 Å². The van der Waals surface area contributed by atoms with Crippen molar-refractivity contribution in [3.05, 3.63) is 41.5 Å². The Bertz CT molecular complexity index is 718. The average molecular weight is 438 g/mol. The van der Waals surface area contributed by atoms with Crippen molar-refractivity contribution in [1.29, 1.82) is 0 Å². The van der Waals surface area contributed by atoms with Crippen LogP contribution in [0.15, 0.2) is 35.9 Å². The molecule has 1 aromatic rings. The Kier molecular flexibility index (Phi) is 9.62. The molecular weight excluding hydrogens is 406 g/mol. The molecule has 1 aliphatic heterocycles. The SMILES string of the molecule is CC/C=C(\COCc1ccc(OC)cc1)[C@H](O)CC(=O)N1C(=S)SC[C@@H]1C(C)C. The van der Waals surface area contributed by atoms with Gasteiger partial charge in [0.15, 0.2) is 0 Å². The zero-order valence-electron chi connectivity index (χ0n) is 17.6. The number of aliphatic hydroxyl groups is 1. The lowest BCUT2D eigenvalue weighted by atomic mass is 10.0. The van der Waals surface area contributed by atoms with Crippen molar-refractivity contribution in [2.24, 2.45) is 5.92 Å². The molecule has 2 atom stereocenters. The van der Waals surface area contributed by atoms with Gasteiger partial charge >= 0.3 is 0 Å². The van der Waals surface area contributed by atoms with E-state index in [0.717, 1.165) is 29.1 Å². The first-order chi connectivity index (χ1) is 13.9. The van der Waals surface area contributed by atoms with Crippen LogP contribution in [0.5, 0.6) is 5.75 Å². The van der Waals surface area contributed by atoms with Crippen LogP contribution in [0.2, 0.25) is 0 Å². The molecule has 7 heteroatoms. The number of carbonyl (C=O) groups excluding carboxylic acids is 1. The second kappa shape index (κ2) is 11.7. The summed E-state index contributed by atoms with van der Waals surface area (Å²) in [6.07, 6.45) is 1.84. The fourth-order valence-electron chi connectivity index (χ4n) is 3.17. The minimum atomic E-state index is -0.875. The van der Waals surface area contributed by atoms with Crippen LogP contribution in [0.3, 0.4) is 0 Å². The van der Waals surface area contributed by atoms with E-state index in [9.17, 15) is 9.90 Å². The Morgan fingerprint density at radius 2 is 2.07 bits per heavy atom. The molecule has 0 bridgehead atoms. The molecule has 160 valence electrons.